The summed E-state index contributed by atoms with van der Waals surface area (Å²) in [5, 5.41) is 34.3. The molecule has 4 atom stereocenters. The van der Waals surface area contributed by atoms with Gasteiger partial charge in [-0.1, -0.05) is 0 Å². The van der Waals surface area contributed by atoms with Crippen LogP contribution >= 0.6 is 23.5 Å². The number of nitrogens with one attached hydrogen (secondary N) is 2. The number of carboxylic acid groups (broad SMARTS) is 2. The van der Waals surface area contributed by atoms with E-state index >= 15 is 0 Å². The van der Waals surface area contributed by atoms with Crippen molar-refractivity contribution in [2.24, 2.45) is 10.3 Å². The number of oxime groups is 2. The Morgan fingerprint density at radius 1 is 0.742 bits per heavy atom. The number of carbonyl (C=O) groups is 8. The van der Waals surface area contributed by atoms with Crippen LogP contribution in [-0.4, -0.2) is 169 Å². The fourth-order valence-electron chi connectivity index (χ4n) is 5.75. The number of β-lactam (4-membered cyclic amide) rings is 2. The van der Waals surface area contributed by atoms with Crippen molar-refractivity contribution in [2.45, 2.75) is 36.7 Å². The number of esters is 2. The quantitative estimate of drug-likeness (QED) is 0.0449. The zero-order valence-corrected chi connectivity index (χ0v) is 42.5. The van der Waals surface area contributed by atoms with Crippen LogP contribution in [0.25, 0.3) is 0 Å². The van der Waals surface area contributed by atoms with E-state index in [0.717, 1.165) is 9.80 Å². The number of fused-ring (bicyclic) bond motifs is 2. The largest absolute Gasteiger partial charge is 1.00 e. The molecule has 6 N–H and O–H groups in total. The molecular weight excluding hydrogens is 1020 g/mol. The number of carbonyl (C=O) groups excluding carboxylic acids is 8. The van der Waals surface area contributed by atoms with Crippen LogP contribution in [0, 0.1) is 0 Å². The Hall–Kier alpha value is -3.66. The fraction of sp³-hybridized carbons (Fsp3) is 0.375. The van der Waals surface area contributed by atoms with Crippen molar-refractivity contribution in [3.8, 4) is 0 Å². The number of aromatic nitrogens is 2. The van der Waals surface area contributed by atoms with E-state index in [1.807, 2.05) is 0 Å². The van der Waals surface area contributed by atoms with Gasteiger partial charge in [-0.2, -0.15) is 0 Å². The van der Waals surface area contributed by atoms with E-state index in [1.165, 1.54) is 51.6 Å². The van der Waals surface area contributed by atoms with Crippen LogP contribution in [0.4, 0.5) is 9.38 Å². The van der Waals surface area contributed by atoms with E-state index < -0.39 is 70.3 Å². The third-order valence-corrected chi connectivity index (χ3v) is 13.8. The van der Waals surface area contributed by atoms with Gasteiger partial charge in [0.25, 0.3) is 0 Å². The predicted octanol–water partition coefficient (Wildman–Crippen LogP) is -11.9. The molecule has 320 valence electrons. The number of nitrogens with two attached hydrogens (primary N) is 2. The SMILES string of the molecule is CO/N=C(\C(=O)N[C@@H]1C(=O)N2C(C(=O)[O-])=C(COC(C)=O)CS[C@H]12)c1c[se]c(N)n1.CO/N=C(\C(=O)N[C@@H]1C(=O)N2C(C(=O)[O-])=C(COC(C)=O)CS[C@H]12)c1c[se]c(N)n1.[Na+].[Na+]. The molecule has 0 spiro atoms. The molecule has 2 fully saturated rings. The van der Waals surface area contributed by atoms with Crippen LogP contribution < -0.4 is 91.4 Å². The first-order chi connectivity index (χ1) is 28.5. The van der Waals surface area contributed by atoms with Crippen molar-refractivity contribution in [3.63, 3.8) is 0 Å². The Labute approximate surface area is 415 Å². The normalized spacial score (nSPS) is 20.3. The number of nitrogens with zero attached hydrogens (tertiary/aromatic N) is 6. The molecule has 0 unspecified atom stereocenters. The second kappa shape index (κ2) is 23.3. The van der Waals surface area contributed by atoms with Crippen LogP contribution in [-0.2, 0) is 57.5 Å². The third kappa shape index (κ3) is 11.9. The van der Waals surface area contributed by atoms with Crippen LogP contribution in [0.15, 0.2) is 42.7 Å². The molecule has 24 nitrogen and oxygen atoms in total. The Morgan fingerprint density at radius 2 is 1.10 bits per heavy atom. The molecule has 62 heavy (non-hydrogen) atoms. The van der Waals surface area contributed by atoms with Gasteiger partial charge in [-0.05, 0) is 0 Å². The van der Waals surface area contributed by atoms with Gasteiger partial charge in [0.1, 0.15) is 0 Å². The van der Waals surface area contributed by atoms with Crippen molar-refractivity contribution < 1.29 is 127 Å². The molecule has 2 aromatic rings. The molecule has 6 heterocycles. The van der Waals surface area contributed by atoms with E-state index in [0.29, 0.717) is 9.38 Å². The summed E-state index contributed by atoms with van der Waals surface area (Å²) in [5.41, 5.74) is 11.3. The van der Waals surface area contributed by atoms with Gasteiger partial charge in [0.05, 0.1) is 0 Å². The van der Waals surface area contributed by atoms with Crippen molar-refractivity contribution >= 4 is 121 Å². The molecule has 0 radical (unpaired) electrons. The Morgan fingerprint density at radius 3 is 1.37 bits per heavy atom. The number of thioether (sulfide) groups is 2. The van der Waals surface area contributed by atoms with Crippen molar-refractivity contribution in [2.75, 3.05) is 50.4 Å². The molecular formula is C32H32N10Na2O14S2Se2. The van der Waals surface area contributed by atoms with Crippen LogP contribution in [0.5, 0.6) is 0 Å². The number of amides is 4. The molecule has 4 aliphatic heterocycles. The average molecular weight is 1050 g/mol. The Bertz CT molecular complexity index is 2120. The predicted molar refractivity (Wildman–Crippen MR) is 206 cm³/mol. The summed E-state index contributed by atoms with van der Waals surface area (Å²) in [6.07, 6.45) is 0. The standard InChI is InChI=1S/2C16H17N5O7SSe.2Na/c2*1-6(22)28-3-7-4-29-14-10(13(24)21(14)11(7)15(25)26)19-12(23)9(20-27-2)8-5-30-16(17)18-8;;/h2*5,10,14H,3-4H2,1-2H3,(H2,17,18)(H,19,23)(H,25,26);;/q;;2*+1/p-2/b2*20-9-;;/t2*10-,14-;;/m11../s1. The fourth-order valence-corrected chi connectivity index (χ4v) is 10.7. The summed E-state index contributed by atoms with van der Waals surface area (Å²) >= 11 is 2.03. The first-order valence-corrected chi connectivity index (χ1v) is 22.6. The number of rotatable bonds is 14. The molecule has 6 rings (SSSR count). The monoisotopic (exact) mass is 1050 g/mol. The summed E-state index contributed by atoms with van der Waals surface area (Å²) in [5.74, 6) is -6.60. The molecule has 0 bridgehead atoms. The number of nitrogen functional groups attached to an aromatic ring is 2. The topological polar surface area (TPSA) is 353 Å². The third-order valence-electron chi connectivity index (χ3n) is 8.28. The van der Waals surface area contributed by atoms with Gasteiger partial charge < -0.3 is 0 Å². The van der Waals surface area contributed by atoms with Crippen LogP contribution in [0.3, 0.4) is 0 Å². The zero-order valence-electron chi connectivity index (χ0n) is 33.5. The molecule has 0 aliphatic carbocycles. The number of ether oxygens (including phenoxy) is 2. The summed E-state index contributed by atoms with van der Waals surface area (Å²) in [7, 11) is 2.52. The molecule has 0 aromatic carbocycles. The number of hydrogen-bond donors (Lipinski definition) is 4. The number of anilines is 2. The molecule has 30 heteroatoms. The van der Waals surface area contributed by atoms with Gasteiger partial charge in [0.15, 0.2) is 0 Å². The molecule has 2 saturated heterocycles. The number of carboxylic acids is 2. The smallest absolute Gasteiger partial charge is 1.00 e. The summed E-state index contributed by atoms with van der Waals surface area (Å²) in [6.45, 7) is 1.85. The van der Waals surface area contributed by atoms with Crippen LogP contribution in [0.1, 0.15) is 25.2 Å². The van der Waals surface area contributed by atoms with Gasteiger partial charge in [-0.25, -0.2) is 0 Å². The van der Waals surface area contributed by atoms with Crippen molar-refractivity contribution in [3.05, 3.63) is 43.8 Å². The minimum atomic E-state index is -1.56. The zero-order chi connectivity index (χ0) is 44.0. The van der Waals surface area contributed by atoms with E-state index in [-0.39, 0.29) is 158 Å². The minimum absolute atomic E-state index is 0. The van der Waals surface area contributed by atoms with Gasteiger partial charge in [-0.3, -0.25) is 9.59 Å². The molecule has 4 amide bonds. The maximum atomic E-state index is 12.7. The van der Waals surface area contributed by atoms with E-state index in [4.69, 9.17) is 30.6 Å². The van der Waals surface area contributed by atoms with E-state index in [9.17, 15) is 48.6 Å². The molecule has 2 aromatic heterocycles. The van der Waals surface area contributed by atoms with Gasteiger partial charge >= 0.3 is 396 Å². The number of hydrogen-bond acceptors (Lipinski definition) is 22. The summed E-state index contributed by atoms with van der Waals surface area (Å²) in [6, 6.07) is -1.97. The van der Waals surface area contributed by atoms with Crippen molar-refractivity contribution in [1.82, 2.24) is 30.4 Å². The molecule has 4 aliphatic rings. The van der Waals surface area contributed by atoms with E-state index in [1.54, 1.807) is 9.88 Å². The van der Waals surface area contributed by atoms with Crippen molar-refractivity contribution in [1.29, 1.82) is 0 Å². The number of aliphatic carboxylic acids is 2. The second-order valence-corrected chi connectivity index (χ2v) is 18.1. The van der Waals surface area contributed by atoms with Crippen LogP contribution in [0.2, 0.25) is 0 Å². The first kappa shape index (κ1) is 52.7. The maximum absolute atomic E-state index is 12.7. The second-order valence-electron chi connectivity index (χ2n) is 12.1. The van der Waals surface area contributed by atoms with Gasteiger partial charge in [0.2, 0.25) is 0 Å². The average Bonchev–Trinajstić information content (AvgIpc) is 3.84. The van der Waals surface area contributed by atoms with Gasteiger partial charge in [0, 0.05) is 13.8 Å². The summed E-state index contributed by atoms with van der Waals surface area (Å²) in [4.78, 5) is 119. The minimum Gasteiger partial charge on any atom is 1.00 e. The summed E-state index contributed by atoms with van der Waals surface area (Å²) < 4.78 is 10.4. The Kier molecular flexibility index (Phi) is 19.8. The van der Waals surface area contributed by atoms with E-state index in [2.05, 4.69) is 30.9 Å². The Balaban J connectivity index is 0.000000320. The van der Waals surface area contributed by atoms with Gasteiger partial charge in [-0.15, -0.1) is 0 Å². The molecule has 0 saturated carbocycles. The maximum Gasteiger partial charge on any atom is 1.00 e. The first-order valence-electron chi connectivity index (χ1n) is 16.8.